The van der Waals surface area contributed by atoms with Crippen LogP contribution in [-0.2, 0) is 4.79 Å². The van der Waals surface area contributed by atoms with Crippen molar-refractivity contribution in [2.24, 2.45) is 0 Å². The zero-order valence-electron chi connectivity index (χ0n) is 4.98. The Morgan fingerprint density at radius 2 is 1.36 bits per heavy atom. The van der Waals surface area contributed by atoms with Gasteiger partial charge in [-0.25, -0.2) is 4.79 Å². The Morgan fingerprint density at radius 1 is 1.27 bits per heavy atom. The molecule has 11 heavy (non-hydrogen) atoms. The standard InChI is InChI=1S/C2H2F2O3.BH3O3/c3-2(4,7)1(5)6;2-1(3)4/h7H,(H,5,6);2-4H. The summed E-state index contributed by atoms with van der Waals surface area (Å²) in [4.78, 5) is 9.02. The van der Waals surface area contributed by atoms with Gasteiger partial charge in [-0.3, -0.25) is 0 Å². The predicted molar refractivity (Wildman–Crippen MR) is 27.2 cm³/mol. The number of carbonyl (C=O) groups is 1. The number of carboxylic acids is 1. The second kappa shape index (κ2) is 4.96. The average Bonchev–Trinajstić information content (AvgIpc) is 1.59. The number of halogens is 2. The van der Waals surface area contributed by atoms with Crippen molar-refractivity contribution in [2.45, 2.75) is 6.11 Å². The molecule has 6 nitrogen and oxygen atoms in total. The van der Waals surface area contributed by atoms with E-state index in [0.29, 0.717) is 0 Å². The Hall–Kier alpha value is -0.765. The molecule has 0 aliphatic carbocycles. The van der Waals surface area contributed by atoms with Crippen LogP contribution < -0.4 is 0 Å². The van der Waals surface area contributed by atoms with Gasteiger partial charge in [-0.05, 0) is 0 Å². The summed E-state index contributed by atoms with van der Waals surface area (Å²) in [7, 11) is -2.17. The normalized spacial score (nSPS) is 9.64. The van der Waals surface area contributed by atoms with Crippen molar-refractivity contribution in [3.63, 3.8) is 0 Å². The minimum Gasteiger partial charge on any atom is -0.475 e. The van der Waals surface area contributed by atoms with Gasteiger partial charge in [0.1, 0.15) is 0 Å². The number of carboxylic acid groups (broad SMARTS) is 1. The quantitative estimate of drug-likeness (QED) is 0.283. The molecular weight excluding hydrogens is 169 g/mol. The molecule has 0 radical (unpaired) electrons. The highest BCUT2D eigenvalue weighted by molar-refractivity contribution is 6.30. The topological polar surface area (TPSA) is 118 Å². The summed E-state index contributed by atoms with van der Waals surface area (Å²) in [6.45, 7) is 0. The highest BCUT2D eigenvalue weighted by Crippen LogP contribution is 2.05. The third-order valence-electron chi connectivity index (χ3n) is 0.257. The second-order valence-corrected chi connectivity index (χ2v) is 1.19. The van der Waals surface area contributed by atoms with E-state index in [-0.39, 0.29) is 0 Å². The average molecular weight is 174 g/mol. The maximum atomic E-state index is 10.8. The Labute approximate surface area is 59.5 Å². The predicted octanol–water partition coefficient (Wildman–Crippen LogP) is -2.40. The van der Waals surface area contributed by atoms with Gasteiger partial charge in [-0.2, -0.15) is 8.78 Å². The number of aliphatic hydroxyl groups is 1. The van der Waals surface area contributed by atoms with Gasteiger partial charge in [0.15, 0.2) is 0 Å². The Bertz CT molecular complexity index is 117. The molecule has 0 spiro atoms. The summed E-state index contributed by atoms with van der Waals surface area (Å²) in [5.41, 5.74) is 0. The number of aliphatic carboxylic acids is 1. The molecular formula is C2H5BF2O6. The van der Waals surface area contributed by atoms with Gasteiger partial charge in [0, 0.05) is 0 Å². The molecule has 9 heteroatoms. The van der Waals surface area contributed by atoms with Crippen LogP contribution in [-0.4, -0.2) is 44.7 Å². The number of alkyl halides is 2. The van der Waals surface area contributed by atoms with E-state index >= 15 is 0 Å². The summed E-state index contributed by atoms with van der Waals surface area (Å²) in [6, 6.07) is 0. The molecule has 0 fully saturated rings. The first-order valence-electron chi connectivity index (χ1n) is 2.05. The Balaban J connectivity index is 0. The van der Waals surface area contributed by atoms with Crippen LogP contribution in [0.3, 0.4) is 0 Å². The van der Waals surface area contributed by atoms with E-state index in [9.17, 15) is 8.78 Å². The summed E-state index contributed by atoms with van der Waals surface area (Å²) in [5, 5.41) is 35.9. The summed E-state index contributed by atoms with van der Waals surface area (Å²) < 4.78 is 21.6. The molecule has 0 aliphatic rings. The van der Waals surface area contributed by atoms with E-state index in [1.165, 1.54) is 0 Å². The summed E-state index contributed by atoms with van der Waals surface area (Å²) in [6.07, 6.45) is -4.58. The highest BCUT2D eigenvalue weighted by atomic mass is 19.3. The summed E-state index contributed by atoms with van der Waals surface area (Å²) in [5.74, 6) is -2.53. The van der Waals surface area contributed by atoms with E-state index in [1.54, 1.807) is 0 Å². The third kappa shape index (κ3) is 17.6. The van der Waals surface area contributed by atoms with Crippen LogP contribution in [0.1, 0.15) is 0 Å². The molecule has 0 bridgehead atoms. The van der Waals surface area contributed by atoms with Crippen LogP contribution in [0.2, 0.25) is 0 Å². The monoisotopic (exact) mass is 174 g/mol. The first kappa shape index (κ1) is 12.9. The van der Waals surface area contributed by atoms with Crippen LogP contribution >= 0.6 is 0 Å². The molecule has 0 aromatic heterocycles. The molecule has 0 amide bonds. The summed E-state index contributed by atoms with van der Waals surface area (Å²) >= 11 is 0. The van der Waals surface area contributed by atoms with E-state index in [4.69, 9.17) is 30.1 Å². The molecule has 0 aliphatic heterocycles. The van der Waals surface area contributed by atoms with Gasteiger partial charge in [0.2, 0.25) is 0 Å². The van der Waals surface area contributed by atoms with Crippen molar-refractivity contribution in [2.75, 3.05) is 0 Å². The molecule has 0 unspecified atom stereocenters. The Morgan fingerprint density at radius 3 is 1.36 bits per heavy atom. The fraction of sp³-hybridized carbons (Fsp3) is 0.500. The first-order valence-corrected chi connectivity index (χ1v) is 2.05. The van der Waals surface area contributed by atoms with Gasteiger partial charge >= 0.3 is 19.4 Å². The van der Waals surface area contributed by atoms with Crippen molar-refractivity contribution in [1.29, 1.82) is 0 Å². The lowest BCUT2D eigenvalue weighted by Gasteiger charge is -1.97. The zero-order chi connectivity index (χ0) is 9.65. The first-order chi connectivity index (χ1) is 4.68. The van der Waals surface area contributed by atoms with Crippen LogP contribution in [0.4, 0.5) is 8.78 Å². The molecule has 0 rings (SSSR count). The Kier molecular flexibility index (Phi) is 5.81. The van der Waals surface area contributed by atoms with E-state index in [2.05, 4.69) is 0 Å². The minimum atomic E-state index is -4.58. The molecule has 0 aromatic rings. The van der Waals surface area contributed by atoms with Gasteiger partial charge in [-0.15, -0.1) is 0 Å². The fourth-order valence-electron chi connectivity index (χ4n) is 0. The minimum absolute atomic E-state index is 2.17. The molecule has 0 saturated carbocycles. The van der Waals surface area contributed by atoms with E-state index in [1.807, 2.05) is 0 Å². The van der Waals surface area contributed by atoms with Crippen LogP contribution in [0.15, 0.2) is 0 Å². The van der Waals surface area contributed by atoms with Crippen molar-refractivity contribution >= 4 is 13.3 Å². The van der Waals surface area contributed by atoms with Crippen molar-refractivity contribution in [1.82, 2.24) is 0 Å². The third-order valence-corrected chi connectivity index (χ3v) is 0.257. The van der Waals surface area contributed by atoms with Gasteiger partial charge in [0.25, 0.3) is 0 Å². The second-order valence-electron chi connectivity index (χ2n) is 1.19. The SMILES string of the molecule is O=C(O)C(O)(F)F.OB(O)O. The molecule has 0 atom stereocenters. The van der Waals surface area contributed by atoms with Gasteiger partial charge in [-0.1, -0.05) is 0 Å². The molecule has 5 N–H and O–H groups in total. The lowest BCUT2D eigenvalue weighted by molar-refractivity contribution is -0.222. The largest absolute Gasteiger partial charge is 0.631 e. The lowest BCUT2D eigenvalue weighted by atomic mass is 10.3. The van der Waals surface area contributed by atoms with Crippen LogP contribution in [0.5, 0.6) is 0 Å². The molecule has 0 heterocycles. The number of rotatable bonds is 1. The number of hydrogen-bond acceptors (Lipinski definition) is 5. The molecule has 66 valence electrons. The molecule has 0 aromatic carbocycles. The molecule has 0 saturated heterocycles. The fourth-order valence-corrected chi connectivity index (χ4v) is 0. The van der Waals surface area contributed by atoms with Gasteiger partial charge in [0.05, 0.1) is 0 Å². The highest BCUT2D eigenvalue weighted by Gasteiger charge is 2.35. The van der Waals surface area contributed by atoms with E-state index < -0.39 is 19.4 Å². The van der Waals surface area contributed by atoms with Crippen molar-refractivity contribution in [3.8, 4) is 0 Å². The zero-order valence-corrected chi connectivity index (χ0v) is 4.98. The lowest BCUT2D eigenvalue weighted by Crippen LogP contribution is -2.26. The van der Waals surface area contributed by atoms with Crippen molar-refractivity contribution in [3.05, 3.63) is 0 Å². The number of hydrogen-bond donors (Lipinski definition) is 5. The van der Waals surface area contributed by atoms with Crippen LogP contribution in [0.25, 0.3) is 0 Å². The van der Waals surface area contributed by atoms with Crippen molar-refractivity contribution < 1.29 is 38.9 Å². The van der Waals surface area contributed by atoms with E-state index in [0.717, 1.165) is 0 Å². The van der Waals surface area contributed by atoms with Gasteiger partial charge < -0.3 is 25.3 Å². The maximum absolute atomic E-state index is 10.8. The van der Waals surface area contributed by atoms with Crippen LogP contribution in [0, 0.1) is 0 Å². The maximum Gasteiger partial charge on any atom is 0.631 e. The smallest absolute Gasteiger partial charge is 0.475 e.